The topological polar surface area (TPSA) is 50.2 Å². The van der Waals surface area contributed by atoms with E-state index < -0.39 is 0 Å². The van der Waals surface area contributed by atoms with Crippen molar-refractivity contribution in [1.82, 2.24) is 9.97 Å². The van der Waals surface area contributed by atoms with Crippen molar-refractivity contribution in [1.29, 1.82) is 0 Å². The summed E-state index contributed by atoms with van der Waals surface area (Å²) in [6.07, 6.45) is 6.53. The summed E-state index contributed by atoms with van der Waals surface area (Å²) in [6.45, 7) is 6.51. The Bertz CT molecular complexity index is 659. The highest BCUT2D eigenvalue weighted by atomic mass is 32.1. The lowest BCUT2D eigenvalue weighted by Gasteiger charge is -2.20. The first-order valence-corrected chi connectivity index (χ1v) is 8.01. The number of hydrogen-bond donors (Lipinski definition) is 1. The molecule has 0 amide bonds. The molecule has 0 unspecified atom stereocenters. The van der Waals surface area contributed by atoms with Gasteiger partial charge in [-0.3, -0.25) is 5.43 Å². The van der Waals surface area contributed by atoms with Gasteiger partial charge in [-0.25, -0.2) is 9.97 Å². The number of fused-ring (bicyclic) bond motifs is 1. The van der Waals surface area contributed by atoms with Gasteiger partial charge in [0.1, 0.15) is 11.2 Å². The van der Waals surface area contributed by atoms with Crippen LogP contribution < -0.4 is 5.43 Å². The Labute approximate surface area is 123 Å². The van der Waals surface area contributed by atoms with Crippen LogP contribution in [0, 0.1) is 19.8 Å². The van der Waals surface area contributed by atoms with Gasteiger partial charge in [-0.2, -0.15) is 5.10 Å². The molecule has 1 atom stereocenters. The third-order valence-electron chi connectivity index (χ3n) is 4.16. The first kappa shape index (κ1) is 13.5. The van der Waals surface area contributed by atoms with E-state index in [0.29, 0.717) is 5.92 Å². The van der Waals surface area contributed by atoms with Crippen LogP contribution in [0.15, 0.2) is 11.4 Å². The van der Waals surface area contributed by atoms with Crippen LogP contribution >= 0.6 is 11.3 Å². The molecule has 0 aromatic carbocycles. The molecule has 1 N–H and O–H groups in total. The number of hydrogen-bond acceptors (Lipinski definition) is 5. The summed E-state index contributed by atoms with van der Waals surface area (Å²) in [4.78, 5) is 11.1. The minimum Gasteiger partial charge on any atom is -0.261 e. The quantitative estimate of drug-likeness (QED) is 0.839. The Kier molecular flexibility index (Phi) is 3.70. The molecule has 2 heterocycles. The van der Waals surface area contributed by atoms with Gasteiger partial charge in [0, 0.05) is 10.6 Å². The minimum absolute atomic E-state index is 0.582. The minimum atomic E-state index is 0.582. The lowest BCUT2D eigenvalue weighted by atomic mass is 9.89. The van der Waals surface area contributed by atoms with E-state index in [4.69, 9.17) is 0 Å². The molecule has 0 bridgehead atoms. The highest BCUT2D eigenvalue weighted by Gasteiger charge is 2.16. The standard InChI is InChI=1S/C15H20N4S/c1-9-6-4-5-7-12(9)18-19-14-13-10(2)11(3)20-15(13)17-8-16-14/h8-9H,4-7H2,1-3H3,(H,16,17,19)/t9-/m1/s1. The number of aromatic nitrogens is 2. The molecule has 3 rings (SSSR count). The highest BCUT2D eigenvalue weighted by molar-refractivity contribution is 7.18. The van der Waals surface area contributed by atoms with Crippen molar-refractivity contribution in [3.63, 3.8) is 0 Å². The average molecular weight is 288 g/mol. The van der Waals surface area contributed by atoms with Crippen molar-refractivity contribution in [2.75, 3.05) is 5.43 Å². The summed E-state index contributed by atoms with van der Waals surface area (Å²) in [5.74, 6) is 1.42. The van der Waals surface area contributed by atoms with E-state index in [1.807, 2.05) is 0 Å². The molecule has 20 heavy (non-hydrogen) atoms. The lowest BCUT2D eigenvalue weighted by molar-refractivity contribution is 0.558. The number of anilines is 1. The normalized spacial score (nSPS) is 21.6. The maximum absolute atomic E-state index is 4.62. The fraction of sp³-hybridized carbons (Fsp3) is 0.533. The van der Waals surface area contributed by atoms with Gasteiger partial charge in [0.2, 0.25) is 0 Å². The van der Waals surface area contributed by atoms with Crippen molar-refractivity contribution < 1.29 is 0 Å². The predicted molar refractivity (Wildman–Crippen MR) is 85.6 cm³/mol. The van der Waals surface area contributed by atoms with Gasteiger partial charge >= 0.3 is 0 Å². The number of aryl methyl sites for hydroxylation is 2. The van der Waals surface area contributed by atoms with Crippen LogP contribution in [0.25, 0.3) is 10.2 Å². The molecule has 0 spiro atoms. The summed E-state index contributed by atoms with van der Waals surface area (Å²) in [5.41, 5.74) is 5.71. The van der Waals surface area contributed by atoms with Gasteiger partial charge in [-0.05, 0) is 44.6 Å². The van der Waals surface area contributed by atoms with Gasteiger partial charge in [-0.1, -0.05) is 13.3 Å². The van der Waals surface area contributed by atoms with Crippen LogP contribution in [-0.2, 0) is 0 Å². The lowest BCUT2D eigenvalue weighted by Crippen LogP contribution is -2.17. The number of hydrazone groups is 1. The first-order chi connectivity index (χ1) is 9.66. The van der Waals surface area contributed by atoms with Gasteiger partial charge in [0.15, 0.2) is 5.82 Å². The second-order valence-corrected chi connectivity index (χ2v) is 6.75. The van der Waals surface area contributed by atoms with Crippen molar-refractivity contribution >= 4 is 33.1 Å². The SMILES string of the molecule is Cc1sc2ncnc(NN=C3CCCC[C@H]3C)c2c1C. The summed E-state index contributed by atoms with van der Waals surface area (Å²) < 4.78 is 0. The summed E-state index contributed by atoms with van der Waals surface area (Å²) in [5, 5.41) is 5.73. The van der Waals surface area contributed by atoms with Crippen molar-refractivity contribution in [3.05, 3.63) is 16.8 Å². The molecule has 1 fully saturated rings. The van der Waals surface area contributed by atoms with Crippen molar-refractivity contribution in [2.24, 2.45) is 11.0 Å². The van der Waals surface area contributed by atoms with Crippen molar-refractivity contribution in [2.45, 2.75) is 46.5 Å². The van der Waals surface area contributed by atoms with Gasteiger partial charge < -0.3 is 0 Å². The third kappa shape index (κ3) is 2.42. The number of rotatable bonds is 2. The van der Waals surface area contributed by atoms with E-state index in [9.17, 15) is 0 Å². The summed E-state index contributed by atoms with van der Waals surface area (Å²) >= 11 is 1.72. The van der Waals surface area contributed by atoms with Crippen LogP contribution in [0.2, 0.25) is 0 Å². The molecule has 2 aromatic rings. The van der Waals surface area contributed by atoms with E-state index in [1.54, 1.807) is 17.7 Å². The largest absolute Gasteiger partial charge is 0.261 e. The smallest absolute Gasteiger partial charge is 0.158 e. The zero-order valence-electron chi connectivity index (χ0n) is 12.2. The molecule has 1 aliphatic rings. The second-order valence-electron chi connectivity index (χ2n) is 5.55. The molecule has 5 heteroatoms. The van der Waals surface area contributed by atoms with Crippen LogP contribution in [0.1, 0.15) is 43.0 Å². The van der Waals surface area contributed by atoms with E-state index >= 15 is 0 Å². The second kappa shape index (κ2) is 5.48. The fourth-order valence-corrected chi connectivity index (χ4v) is 3.72. The third-order valence-corrected chi connectivity index (χ3v) is 5.27. The zero-order valence-corrected chi connectivity index (χ0v) is 13.0. The van der Waals surface area contributed by atoms with E-state index in [0.717, 1.165) is 22.5 Å². The molecule has 0 aliphatic heterocycles. The van der Waals surface area contributed by atoms with Gasteiger partial charge in [0.25, 0.3) is 0 Å². The van der Waals surface area contributed by atoms with E-state index in [-0.39, 0.29) is 0 Å². The number of nitrogens with zero attached hydrogens (tertiary/aromatic N) is 3. The zero-order chi connectivity index (χ0) is 14.1. The predicted octanol–water partition coefficient (Wildman–Crippen LogP) is 4.29. The first-order valence-electron chi connectivity index (χ1n) is 7.20. The Morgan fingerprint density at radius 3 is 2.95 bits per heavy atom. The number of thiophene rings is 1. The Morgan fingerprint density at radius 2 is 2.15 bits per heavy atom. The molecule has 2 aromatic heterocycles. The van der Waals surface area contributed by atoms with Crippen LogP contribution in [-0.4, -0.2) is 15.7 Å². The average Bonchev–Trinajstić information content (AvgIpc) is 2.74. The molecule has 1 aliphatic carbocycles. The van der Waals surface area contributed by atoms with Gasteiger partial charge in [-0.15, -0.1) is 11.3 Å². The molecule has 106 valence electrons. The maximum Gasteiger partial charge on any atom is 0.158 e. The number of nitrogens with one attached hydrogen (secondary N) is 1. The molecular formula is C15H20N4S. The molecule has 4 nitrogen and oxygen atoms in total. The summed E-state index contributed by atoms with van der Waals surface area (Å²) in [6, 6.07) is 0. The summed E-state index contributed by atoms with van der Waals surface area (Å²) in [7, 11) is 0. The fourth-order valence-electron chi connectivity index (χ4n) is 2.73. The Balaban J connectivity index is 1.93. The monoisotopic (exact) mass is 288 g/mol. The molecular weight excluding hydrogens is 268 g/mol. The van der Waals surface area contributed by atoms with E-state index in [1.165, 1.54) is 35.4 Å². The Morgan fingerprint density at radius 1 is 1.30 bits per heavy atom. The Hall–Kier alpha value is -1.49. The van der Waals surface area contributed by atoms with Crippen LogP contribution in [0.5, 0.6) is 0 Å². The van der Waals surface area contributed by atoms with Crippen molar-refractivity contribution in [3.8, 4) is 0 Å². The van der Waals surface area contributed by atoms with Gasteiger partial charge in [0.05, 0.1) is 5.39 Å². The molecule has 0 saturated heterocycles. The van der Waals surface area contributed by atoms with Crippen LogP contribution in [0.3, 0.4) is 0 Å². The maximum atomic E-state index is 4.62. The molecule has 1 saturated carbocycles. The highest BCUT2D eigenvalue weighted by Crippen LogP contribution is 2.32. The van der Waals surface area contributed by atoms with E-state index in [2.05, 4.69) is 41.3 Å². The molecule has 0 radical (unpaired) electrons. The van der Waals surface area contributed by atoms with Crippen LogP contribution in [0.4, 0.5) is 5.82 Å².